The second kappa shape index (κ2) is 6.88. The van der Waals surface area contributed by atoms with E-state index in [4.69, 9.17) is 5.11 Å². The number of aliphatic hydroxyl groups excluding tert-OH is 1. The summed E-state index contributed by atoms with van der Waals surface area (Å²) in [5.74, 6) is 0. The van der Waals surface area contributed by atoms with Gasteiger partial charge in [0, 0.05) is 18.7 Å². The van der Waals surface area contributed by atoms with E-state index in [2.05, 4.69) is 10.0 Å². The van der Waals surface area contributed by atoms with Crippen LogP contribution in [0.3, 0.4) is 0 Å². The first kappa shape index (κ1) is 15.9. The number of hydrogen-bond donors (Lipinski definition) is 3. The van der Waals surface area contributed by atoms with Crippen molar-refractivity contribution in [3.63, 3.8) is 0 Å². The molecule has 1 unspecified atom stereocenters. The van der Waals surface area contributed by atoms with Gasteiger partial charge in [-0.2, -0.15) is 0 Å². The molecule has 0 heterocycles. The molecule has 19 heavy (non-hydrogen) atoms. The molecule has 5 nitrogen and oxygen atoms in total. The minimum Gasteiger partial charge on any atom is -0.396 e. The van der Waals surface area contributed by atoms with Crippen LogP contribution in [0.15, 0.2) is 29.2 Å². The van der Waals surface area contributed by atoms with Crippen LogP contribution in [0.25, 0.3) is 0 Å². The molecule has 0 aliphatic carbocycles. The van der Waals surface area contributed by atoms with Crippen LogP contribution >= 0.6 is 0 Å². The molecule has 1 aromatic carbocycles. The van der Waals surface area contributed by atoms with Gasteiger partial charge >= 0.3 is 0 Å². The van der Waals surface area contributed by atoms with Gasteiger partial charge in [-0.05, 0) is 39.3 Å². The lowest BCUT2D eigenvalue weighted by Crippen LogP contribution is -2.31. The van der Waals surface area contributed by atoms with Gasteiger partial charge in [-0.1, -0.05) is 12.1 Å². The molecular weight excluding hydrogens is 264 g/mol. The number of rotatable bonds is 7. The second-order valence-corrected chi connectivity index (χ2v) is 6.51. The number of benzene rings is 1. The van der Waals surface area contributed by atoms with Crippen LogP contribution < -0.4 is 10.0 Å². The van der Waals surface area contributed by atoms with Crippen molar-refractivity contribution in [2.24, 2.45) is 0 Å². The fraction of sp³-hybridized carbons (Fsp3) is 0.538. The van der Waals surface area contributed by atoms with E-state index >= 15 is 0 Å². The van der Waals surface area contributed by atoms with Crippen LogP contribution in [-0.4, -0.2) is 32.2 Å². The average Bonchev–Trinajstić information content (AvgIpc) is 2.28. The van der Waals surface area contributed by atoms with Crippen LogP contribution in [0.4, 0.5) is 5.69 Å². The monoisotopic (exact) mass is 286 g/mol. The number of anilines is 1. The fourth-order valence-electron chi connectivity index (χ4n) is 1.73. The molecule has 0 radical (unpaired) electrons. The molecule has 0 aliphatic rings. The van der Waals surface area contributed by atoms with E-state index in [1.54, 1.807) is 38.1 Å². The molecular formula is C13H22N2O3S. The third-order valence-corrected chi connectivity index (χ3v) is 4.25. The summed E-state index contributed by atoms with van der Waals surface area (Å²) in [6.07, 6.45) is 0.561. The van der Waals surface area contributed by atoms with E-state index < -0.39 is 10.0 Å². The zero-order chi connectivity index (χ0) is 14.5. The molecule has 1 aromatic rings. The Labute approximate surface area is 115 Å². The minimum absolute atomic E-state index is 0.000370. The summed E-state index contributed by atoms with van der Waals surface area (Å²) in [5.41, 5.74) is 0.552. The summed E-state index contributed by atoms with van der Waals surface area (Å²) >= 11 is 0. The van der Waals surface area contributed by atoms with Crippen LogP contribution in [-0.2, 0) is 10.0 Å². The average molecular weight is 286 g/mol. The highest BCUT2D eigenvalue weighted by molar-refractivity contribution is 7.89. The van der Waals surface area contributed by atoms with Gasteiger partial charge in [0.25, 0.3) is 0 Å². The predicted molar refractivity (Wildman–Crippen MR) is 76.7 cm³/mol. The van der Waals surface area contributed by atoms with Crippen molar-refractivity contribution < 1.29 is 13.5 Å². The van der Waals surface area contributed by atoms with Crippen LogP contribution in [0.5, 0.6) is 0 Å². The van der Waals surface area contributed by atoms with Crippen molar-refractivity contribution in [3.8, 4) is 0 Å². The molecule has 1 atom stereocenters. The Morgan fingerprint density at radius 2 is 1.84 bits per heavy atom. The zero-order valence-corrected chi connectivity index (χ0v) is 12.4. The largest absolute Gasteiger partial charge is 0.396 e. The summed E-state index contributed by atoms with van der Waals surface area (Å²) < 4.78 is 27.0. The molecule has 0 aliphatic heterocycles. The van der Waals surface area contributed by atoms with Gasteiger partial charge in [-0.15, -0.1) is 0 Å². The Hall–Kier alpha value is -1.11. The zero-order valence-electron chi connectivity index (χ0n) is 11.6. The minimum atomic E-state index is -3.53. The van der Waals surface area contributed by atoms with Crippen molar-refractivity contribution in [1.82, 2.24) is 4.72 Å². The standard InChI is InChI=1S/C13H22N2O3S/c1-10(2)15-19(17,18)13-7-5-4-6-12(13)14-11(3)8-9-16/h4-7,10-11,14-16H,8-9H2,1-3H3. The van der Waals surface area contributed by atoms with Crippen molar-refractivity contribution >= 4 is 15.7 Å². The Kier molecular flexibility index (Phi) is 5.78. The van der Waals surface area contributed by atoms with Gasteiger partial charge in [0.1, 0.15) is 4.90 Å². The second-order valence-electron chi connectivity index (χ2n) is 4.83. The molecule has 0 spiro atoms. The molecule has 3 N–H and O–H groups in total. The quantitative estimate of drug-likeness (QED) is 0.711. The lowest BCUT2D eigenvalue weighted by molar-refractivity contribution is 0.282. The van der Waals surface area contributed by atoms with Gasteiger partial charge in [-0.3, -0.25) is 0 Å². The first-order valence-electron chi connectivity index (χ1n) is 6.35. The summed E-state index contributed by atoms with van der Waals surface area (Å²) in [6, 6.07) is 6.61. The highest BCUT2D eigenvalue weighted by Crippen LogP contribution is 2.22. The molecule has 108 valence electrons. The maximum absolute atomic E-state index is 12.2. The highest BCUT2D eigenvalue weighted by atomic mass is 32.2. The Morgan fingerprint density at radius 1 is 1.21 bits per heavy atom. The molecule has 0 bridgehead atoms. The maximum atomic E-state index is 12.2. The first-order valence-corrected chi connectivity index (χ1v) is 7.84. The number of sulfonamides is 1. The van der Waals surface area contributed by atoms with E-state index in [1.165, 1.54) is 0 Å². The molecule has 1 rings (SSSR count). The normalized spacial score (nSPS) is 13.5. The molecule has 0 aromatic heterocycles. The van der Waals surface area contributed by atoms with Crippen LogP contribution in [0.1, 0.15) is 27.2 Å². The summed E-state index contributed by atoms with van der Waals surface area (Å²) in [4.78, 5) is 0.230. The number of aliphatic hydroxyl groups is 1. The van der Waals surface area contributed by atoms with Gasteiger partial charge in [0.15, 0.2) is 0 Å². The van der Waals surface area contributed by atoms with Crippen molar-refractivity contribution in [1.29, 1.82) is 0 Å². The SMILES string of the molecule is CC(C)NS(=O)(=O)c1ccccc1NC(C)CCO. The lowest BCUT2D eigenvalue weighted by atomic mass is 10.2. The van der Waals surface area contributed by atoms with E-state index in [9.17, 15) is 8.42 Å². The van der Waals surface area contributed by atoms with Gasteiger partial charge in [0.2, 0.25) is 10.0 Å². The Morgan fingerprint density at radius 3 is 2.42 bits per heavy atom. The van der Waals surface area contributed by atoms with Gasteiger partial charge in [-0.25, -0.2) is 13.1 Å². The van der Waals surface area contributed by atoms with Crippen LogP contribution in [0, 0.1) is 0 Å². The van der Waals surface area contributed by atoms with Crippen molar-refractivity contribution in [2.45, 2.75) is 44.2 Å². The Bertz CT molecular complexity index is 500. The molecule has 0 saturated heterocycles. The highest BCUT2D eigenvalue weighted by Gasteiger charge is 2.19. The van der Waals surface area contributed by atoms with Crippen molar-refractivity contribution in [2.75, 3.05) is 11.9 Å². The molecule has 0 saturated carbocycles. The topological polar surface area (TPSA) is 78.4 Å². The van der Waals surface area contributed by atoms with Crippen LogP contribution in [0.2, 0.25) is 0 Å². The summed E-state index contributed by atoms with van der Waals surface area (Å²) in [6.45, 7) is 5.52. The fourth-order valence-corrected chi connectivity index (χ4v) is 3.15. The van der Waals surface area contributed by atoms with E-state index in [1.807, 2.05) is 6.92 Å². The third kappa shape index (κ3) is 4.81. The number of hydrogen-bond acceptors (Lipinski definition) is 4. The maximum Gasteiger partial charge on any atom is 0.242 e. The summed E-state index contributed by atoms with van der Waals surface area (Å²) in [5, 5.41) is 12.0. The van der Waals surface area contributed by atoms with Gasteiger partial charge < -0.3 is 10.4 Å². The summed E-state index contributed by atoms with van der Waals surface area (Å²) in [7, 11) is -3.53. The lowest BCUT2D eigenvalue weighted by Gasteiger charge is -2.18. The molecule has 6 heteroatoms. The number of para-hydroxylation sites is 1. The van der Waals surface area contributed by atoms with E-state index in [0.717, 1.165) is 0 Å². The molecule has 0 fully saturated rings. The molecule has 0 amide bonds. The van der Waals surface area contributed by atoms with E-state index in [0.29, 0.717) is 12.1 Å². The van der Waals surface area contributed by atoms with E-state index in [-0.39, 0.29) is 23.6 Å². The first-order chi connectivity index (χ1) is 8.86. The predicted octanol–water partition coefficient (Wildman–Crippen LogP) is 1.56. The smallest absolute Gasteiger partial charge is 0.242 e. The van der Waals surface area contributed by atoms with Crippen molar-refractivity contribution in [3.05, 3.63) is 24.3 Å². The third-order valence-electron chi connectivity index (χ3n) is 2.53. The Balaban J connectivity index is 3.02. The number of nitrogens with one attached hydrogen (secondary N) is 2. The van der Waals surface area contributed by atoms with Gasteiger partial charge in [0.05, 0.1) is 5.69 Å².